The second-order valence-corrected chi connectivity index (χ2v) is 6.48. The van der Waals surface area contributed by atoms with Gasteiger partial charge in [-0.25, -0.2) is 0 Å². The molecular formula is C24H28. The molecule has 1 saturated carbocycles. The molecule has 0 nitrogen and oxygen atoms in total. The normalized spacial score (nSPS) is 14.5. The van der Waals surface area contributed by atoms with E-state index in [0.717, 1.165) is 5.92 Å². The van der Waals surface area contributed by atoms with E-state index in [-0.39, 0.29) is 1.43 Å². The summed E-state index contributed by atoms with van der Waals surface area (Å²) >= 11 is 0. The monoisotopic (exact) mass is 316 g/mol. The van der Waals surface area contributed by atoms with Crippen LogP contribution in [-0.4, -0.2) is 0 Å². The molecule has 24 heavy (non-hydrogen) atoms. The summed E-state index contributed by atoms with van der Waals surface area (Å²) in [6, 6.07) is 31.7. The number of hydrogen-bond acceptors (Lipinski definition) is 0. The van der Waals surface area contributed by atoms with Gasteiger partial charge in [0, 0.05) is 1.43 Å². The van der Waals surface area contributed by atoms with Crippen LogP contribution in [0.4, 0.5) is 0 Å². The Labute approximate surface area is 147 Å². The minimum absolute atomic E-state index is 0. The van der Waals surface area contributed by atoms with Crippen molar-refractivity contribution in [1.82, 2.24) is 0 Å². The zero-order valence-corrected chi connectivity index (χ0v) is 14.3. The van der Waals surface area contributed by atoms with E-state index in [1.165, 1.54) is 43.2 Å². The third-order valence-corrected chi connectivity index (χ3v) is 4.76. The predicted octanol–water partition coefficient (Wildman–Crippen LogP) is 7.33. The van der Waals surface area contributed by atoms with Crippen LogP contribution in [0, 0.1) is 0 Å². The summed E-state index contributed by atoms with van der Waals surface area (Å²) in [5, 5.41) is 0. The van der Waals surface area contributed by atoms with Crippen molar-refractivity contribution < 1.29 is 1.43 Å². The Bertz CT molecular complexity index is 648. The molecule has 124 valence electrons. The van der Waals surface area contributed by atoms with Crippen molar-refractivity contribution >= 4 is 0 Å². The van der Waals surface area contributed by atoms with Gasteiger partial charge in [0.25, 0.3) is 0 Å². The molecule has 0 amide bonds. The lowest BCUT2D eigenvalue weighted by molar-refractivity contribution is 0.443. The molecular weight excluding hydrogens is 288 g/mol. The van der Waals surface area contributed by atoms with Gasteiger partial charge in [0.05, 0.1) is 0 Å². The van der Waals surface area contributed by atoms with Crippen molar-refractivity contribution in [2.75, 3.05) is 0 Å². The molecule has 1 aliphatic rings. The number of hydrogen-bond donors (Lipinski definition) is 0. The van der Waals surface area contributed by atoms with E-state index in [0.29, 0.717) is 0 Å². The minimum Gasteiger partial charge on any atom is -0.0622 e. The fourth-order valence-electron chi connectivity index (χ4n) is 3.42. The van der Waals surface area contributed by atoms with E-state index in [2.05, 4.69) is 78.9 Å². The fraction of sp³-hybridized carbons (Fsp3) is 0.250. The van der Waals surface area contributed by atoms with E-state index in [1.54, 1.807) is 5.56 Å². The van der Waals surface area contributed by atoms with Crippen LogP contribution in [0.1, 0.15) is 45.0 Å². The van der Waals surface area contributed by atoms with Gasteiger partial charge in [-0.1, -0.05) is 110 Å². The molecule has 0 heteroatoms. The van der Waals surface area contributed by atoms with E-state index in [4.69, 9.17) is 0 Å². The highest BCUT2D eigenvalue weighted by molar-refractivity contribution is 5.62. The van der Waals surface area contributed by atoms with Crippen LogP contribution in [0.3, 0.4) is 0 Å². The Hall–Kier alpha value is -2.34. The maximum atomic E-state index is 2.27. The van der Waals surface area contributed by atoms with Gasteiger partial charge in [-0.3, -0.25) is 0 Å². The van der Waals surface area contributed by atoms with Crippen molar-refractivity contribution in [3.63, 3.8) is 0 Å². The molecule has 3 aromatic rings. The smallest absolute Gasteiger partial charge is 0 e. The first-order valence-electron chi connectivity index (χ1n) is 9.09. The van der Waals surface area contributed by atoms with Crippen LogP contribution < -0.4 is 0 Å². The topological polar surface area (TPSA) is 0 Å². The molecule has 4 rings (SSSR count). The summed E-state index contributed by atoms with van der Waals surface area (Å²) < 4.78 is 0. The average molecular weight is 316 g/mol. The first-order valence-corrected chi connectivity index (χ1v) is 9.09. The zero-order chi connectivity index (χ0) is 16.5. The summed E-state index contributed by atoms with van der Waals surface area (Å²) in [4.78, 5) is 0. The molecule has 0 radical (unpaired) electrons. The molecule has 0 spiro atoms. The molecule has 0 atom stereocenters. The van der Waals surface area contributed by atoms with E-state index >= 15 is 0 Å². The average Bonchev–Trinajstić information content (AvgIpc) is 2.71. The second-order valence-electron chi connectivity index (χ2n) is 6.48. The van der Waals surface area contributed by atoms with Gasteiger partial charge in [-0.15, -0.1) is 0 Å². The molecule has 0 aromatic heterocycles. The Morgan fingerprint density at radius 2 is 0.917 bits per heavy atom. The van der Waals surface area contributed by atoms with Gasteiger partial charge in [0.2, 0.25) is 0 Å². The standard InChI is InChI=1S/C12H16.C12H10.H2/c2*1-3-7-11(8-4-1)12-9-5-2-6-10-12;/h1,3-4,7-8,12H,2,5-6,9-10H2;1-10H;1H. The van der Waals surface area contributed by atoms with Gasteiger partial charge in [0.15, 0.2) is 0 Å². The van der Waals surface area contributed by atoms with Gasteiger partial charge in [-0.2, -0.15) is 0 Å². The third kappa shape index (κ3) is 4.83. The quantitative estimate of drug-likeness (QED) is 0.464. The van der Waals surface area contributed by atoms with Crippen molar-refractivity contribution in [2.24, 2.45) is 0 Å². The van der Waals surface area contributed by atoms with Gasteiger partial charge in [0.1, 0.15) is 0 Å². The molecule has 0 bridgehead atoms. The highest BCUT2D eigenvalue weighted by atomic mass is 14.2. The summed E-state index contributed by atoms with van der Waals surface area (Å²) in [7, 11) is 0. The maximum Gasteiger partial charge on any atom is 0 e. The van der Waals surface area contributed by atoms with Gasteiger partial charge in [-0.05, 0) is 35.4 Å². The van der Waals surface area contributed by atoms with Crippen LogP contribution in [0.2, 0.25) is 0 Å². The van der Waals surface area contributed by atoms with Crippen LogP contribution in [0.5, 0.6) is 0 Å². The SMILES string of the molecule is [HH].c1ccc(-c2ccccc2)cc1.c1ccc(C2CCCCC2)cc1. The summed E-state index contributed by atoms with van der Waals surface area (Å²) in [6.45, 7) is 0. The minimum atomic E-state index is 0. The lowest BCUT2D eigenvalue weighted by atomic mass is 9.84. The Morgan fingerprint density at radius 1 is 0.500 bits per heavy atom. The molecule has 0 unspecified atom stereocenters. The highest BCUT2D eigenvalue weighted by Gasteiger charge is 2.14. The predicted molar refractivity (Wildman–Crippen MR) is 106 cm³/mol. The van der Waals surface area contributed by atoms with Crippen molar-refractivity contribution in [2.45, 2.75) is 38.0 Å². The molecule has 0 heterocycles. The molecule has 1 aliphatic carbocycles. The Morgan fingerprint density at radius 3 is 1.38 bits per heavy atom. The first-order chi connectivity index (χ1) is 11.9. The first kappa shape index (κ1) is 16.5. The van der Waals surface area contributed by atoms with Gasteiger partial charge >= 0.3 is 0 Å². The van der Waals surface area contributed by atoms with Crippen LogP contribution >= 0.6 is 0 Å². The van der Waals surface area contributed by atoms with Crippen molar-refractivity contribution in [1.29, 1.82) is 0 Å². The third-order valence-electron chi connectivity index (χ3n) is 4.76. The Kier molecular flexibility index (Phi) is 6.25. The van der Waals surface area contributed by atoms with Crippen LogP contribution in [0.25, 0.3) is 11.1 Å². The fourth-order valence-corrected chi connectivity index (χ4v) is 3.42. The van der Waals surface area contributed by atoms with Crippen LogP contribution in [0.15, 0.2) is 91.0 Å². The van der Waals surface area contributed by atoms with E-state index in [9.17, 15) is 0 Å². The number of benzene rings is 3. The summed E-state index contributed by atoms with van der Waals surface area (Å²) in [6.07, 6.45) is 7.12. The van der Waals surface area contributed by atoms with E-state index < -0.39 is 0 Å². The highest BCUT2D eigenvalue weighted by Crippen LogP contribution is 2.32. The van der Waals surface area contributed by atoms with Crippen molar-refractivity contribution in [3.05, 3.63) is 96.6 Å². The van der Waals surface area contributed by atoms with Crippen LogP contribution in [-0.2, 0) is 0 Å². The molecule has 1 fully saturated rings. The van der Waals surface area contributed by atoms with Crippen molar-refractivity contribution in [3.8, 4) is 11.1 Å². The maximum absolute atomic E-state index is 2.27. The second kappa shape index (κ2) is 9.08. The zero-order valence-electron chi connectivity index (χ0n) is 14.3. The number of rotatable bonds is 2. The summed E-state index contributed by atoms with van der Waals surface area (Å²) in [5.74, 6) is 0.861. The van der Waals surface area contributed by atoms with E-state index in [1.807, 2.05) is 12.1 Å². The Balaban J connectivity index is 0.000000173. The lowest BCUT2D eigenvalue weighted by Crippen LogP contribution is -2.03. The van der Waals surface area contributed by atoms with Gasteiger partial charge < -0.3 is 0 Å². The lowest BCUT2D eigenvalue weighted by Gasteiger charge is -2.21. The molecule has 0 aliphatic heterocycles. The largest absolute Gasteiger partial charge is 0.0622 e. The molecule has 3 aromatic carbocycles. The molecule has 0 N–H and O–H groups in total. The summed E-state index contributed by atoms with van der Waals surface area (Å²) in [5.41, 5.74) is 4.11. The molecule has 0 saturated heterocycles.